The molecule has 0 aromatic heterocycles. The maximum atomic E-state index is 11.8. The zero-order valence-corrected chi connectivity index (χ0v) is 17.5. The van der Waals surface area contributed by atoms with Crippen LogP contribution < -0.4 is 0 Å². The predicted molar refractivity (Wildman–Crippen MR) is 111 cm³/mol. The number of allylic oxidation sites excluding steroid dienone is 2. The van der Waals surface area contributed by atoms with Gasteiger partial charge in [-0.15, -0.1) is 0 Å². The van der Waals surface area contributed by atoms with Gasteiger partial charge in [-0.2, -0.15) is 0 Å². The second kappa shape index (κ2) is 13.3. The lowest BCUT2D eigenvalue weighted by molar-refractivity contribution is -0.144. The Balaban J connectivity index is 2.52. The van der Waals surface area contributed by atoms with Crippen LogP contribution in [-0.2, 0) is 19.1 Å². The van der Waals surface area contributed by atoms with Crippen LogP contribution in [0.4, 0.5) is 0 Å². The number of hydrogen-bond acceptors (Lipinski definition) is 5. The highest BCUT2D eigenvalue weighted by molar-refractivity contribution is 5.88. The number of hydrogen-bond donors (Lipinski definition) is 1. The van der Waals surface area contributed by atoms with E-state index < -0.39 is 18.5 Å². The lowest BCUT2D eigenvalue weighted by Gasteiger charge is -2.30. The first-order valence-electron chi connectivity index (χ1n) is 10.3. The topological polar surface area (TPSA) is 72.8 Å². The Morgan fingerprint density at radius 1 is 1.07 bits per heavy atom. The molecular weight excluding hydrogens is 356 g/mol. The number of rotatable bonds is 12. The zero-order chi connectivity index (χ0) is 20.9. The Morgan fingerprint density at radius 2 is 1.64 bits per heavy atom. The van der Waals surface area contributed by atoms with Crippen LogP contribution in [0.15, 0.2) is 36.5 Å². The monoisotopic (exact) mass is 392 g/mol. The molecule has 1 unspecified atom stereocenters. The summed E-state index contributed by atoms with van der Waals surface area (Å²) in [6.07, 6.45) is 12.3. The van der Waals surface area contributed by atoms with Gasteiger partial charge in [0.1, 0.15) is 0 Å². The molecule has 0 aromatic rings. The van der Waals surface area contributed by atoms with E-state index in [9.17, 15) is 9.59 Å². The van der Waals surface area contributed by atoms with Gasteiger partial charge < -0.3 is 14.6 Å². The van der Waals surface area contributed by atoms with Crippen LogP contribution in [0.3, 0.4) is 0 Å². The van der Waals surface area contributed by atoms with Gasteiger partial charge in [0.15, 0.2) is 0 Å². The fourth-order valence-corrected chi connectivity index (χ4v) is 3.59. The van der Waals surface area contributed by atoms with Crippen molar-refractivity contribution >= 4 is 11.9 Å². The second-order valence-corrected chi connectivity index (χ2v) is 7.87. The molecule has 5 nitrogen and oxygen atoms in total. The average molecular weight is 393 g/mol. The molecule has 0 aromatic carbocycles. The maximum Gasteiger partial charge on any atom is 0.335 e. The highest BCUT2D eigenvalue weighted by Gasteiger charge is 2.25. The molecule has 0 amide bonds. The van der Waals surface area contributed by atoms with E-state index in [2.05, 4.69) is 32.2 Å². The Kier molecular flexibility index (Phi) is 11.5. The second-order valence-electron chi connectivity index (χ2n) is 7.87. The molecule has 1 N–H and O–H groups in total. The van der Waals surface area contributed by atoms with Crippen molar-refractivity contribution in [3.8, 4) is 0 Å². The third-order valence-electron chi connectivity index (χ3n) is 5.34. The first-order valence-corrected chi connectivity index (χ1v) is 10.3. The average Bonchev–Trinajstić information content (AvgIpc) is 2.70. The summed E-state index contributed by atoms with van der Waals surface area (Å²) in [5.74, 6) is 0.239. The predicted octanol–water partition coefficient (Wildman–Crippen LogP) is 4.37. The van der Waals surface area contributed by atoms with Crippen molar-refractivity contribution in [2.45, 2.75) is 58.8 Å². The first-order chi connectivity index (χ1) is 13.4. The smallest absolute Gasteiger partial charge is 0.335 e. The third kappa shape index (κ3) is 9.36. The molecule has 28 heavy (non-hydrogen) atoms. The van der Waals surface area contributed by atoms with Crippen molar-refractivity contribution in [1.82, 2.24) is 0 Å². The molecule has 1 saturated carbocycles. The minimum Gasteiger partial charge on any atom is -0.462 e. The van der Waals surface area contributed by atoms with E-state index in [1.54, 1.807) is 6.92 Å². The molecule has 0 aliphatic heterocycles. The van der Waals surface area contributed by atoms with Crippen molar-refractivity contribution in [3.63, 3.8) is 0 Å². The van der Waals surface area contributed by atoms with Crippen LogP contribution in [0, 0.1) is 17.8 Å². The number of aliphatic hydroxyl groups is 1. The Hall–Kier alpha value is -1.88. The van der Waals surface area contributed by atoms with Crippen LogP contribution in [0.2, 0.25) is 0 Å². The van der Waals surface area contributed by atoms with Crippen LogP contribution in [0.5, 0.6) is 0 Å². The highest BCUT2D eigenvalue weighted by Crippen LogP contribution is 2.35. The first kappa shape index (κ1) is 24.2. The molecule has 0 radical (unpaired) electrons. The molecule has 0 spiro atoms. The summed E-state index contributed by atoms with van der Waals surface area (Å²) in [4.78, 5) is 23.5. The van der Waals surface area contributed by atoms with E-state index in [1.807, 2.05) is 0 Å². The van der Waals surface area contributed by atoms with Crippen LogP contribution >= 0.6 is 0 Å². The SMILES string of the molecule is C=C(C)C(=O)OCC(COC(=O)C(=C)CO)CC1CCC(CC/C=C/C)CC1. The minimum atomic E-state index is -0.605. The normalized spacial score (nSPS) is 20.5. The van der Waals surface area contributed by atoms with Crippen molar-refractivity contribution in [3.05, 3.63) is 36.5 Å². The molecule has 1 aliphatic carbocycles. The highest BCUT2D eigenvalue weighted by atomic mass is 16.5. The molecule has 5 heteroatoms. The fraction of sp³-hybridized carbons (Fsp3) is 0.652. The van der Waals surface area contributed by atoms with E-state index in [4.69, 9.17) is 14.6 Å². The molecular formula is C23H36O5. The van der Waals surface area contributed by atoms with Crippen LogP contribution in [0.25, 0.3) is 0 Å². The van der Waals surface area contributed by atoms with Crippen LogP contribution in [-0.4, -0.2) is 36.9 Å². The van der Waals surface area contributed by atoms with Gasteiger partial charge in [0.05, 0.1) is 25.4 Å². The Labute approximate surface area is 169 Å². The summed E-state index contributed by atoms with van der Waals surface area (Å²) in [5, 5.41) is 8.99. The van der Waals surface area contributed by atoms with Crippen molar-refractivity contribution < 1.29 is 24.2 Å². The van der Waals surface area contributed by atoms with Gasteiger partial charge in [0.2, 0.25) is 0 Å². The number of esters is 2. The number of aliphatic hydroxyl groups excluding tert-OH is 1. The lowest BCUT2D eigenvalue weighted by Crippen LogP contribution is -2.26. The summed E-state index contributed by atoms with van der Waals surface area (Å²) < 4.78 is 10.6. The summed E-state index contributed by atoms with van der Waals surface area (Å²) in [6.45, 7) is 10.7. The molecule has 0 heterocycles. The van der Waals surface area contributed by atoms with Gasteiger partial charge in [-0.05, 0) is 44.9 Å². The van der Waals surface area contributed by atoms with Gasteiger partial charge in [0.25, 0.3) is 0 Å². The third-order valence-corrected chi connectivity index (χ3v) is 5.34. The quantitative estimate of drug-likeness (QED) is 0.303. The van der Waals surface area contributed by atoms with E-state index in [0.29, 0.717) is 11.5 Å². The van der Waals surface area contributed by atoms with Gasteiger partial charge in [-0.1, -0.05) is 51.0 Å². The van der Waals surface area contributed by atoms with E-state index in [-0.39, 0.29) is 24.7 Å². The number of carbonyl (C=O) groups excluding carboxylic acids is 2. The van der Waals surface area contributed by atoms with Crippen molar-refractivity contribution in [2.75, 3.05) is 19.8 Å². The molecule has 158 valence electrons. The minimum absolute atomic E-state index is 0.0271. The summed E-state index contributed by atoms with van der Waals surface area (Å²) >= 11 is 0. The van der Waals surface area contributed by atoms with Gasteiger partial charge in [-0.3, -0.25) is 0 Å². The molecule has 1 atom stereocenters. The van der Waals surface area contributed by atoms with E-state index >= 15 is 0 Å². The standard InChI is InChI=1S/C23H36O5/c1-5-6-7-8-19-9-11-20(12-10-19)13-21(15-27-22(25)17(2)3)16-28-23(26)18(4)14-24/h5-6,19-21,24H,2,4,7-16H2,1,3H3/b6-5+. The van der Waals surface area contributed by atoms with Gasteiger partial charge in [-0.25, -0.2) is 9.59 Å². The summed E-state index contributed by atoms with van der Waals surface area (Å²) in [7, 11) is 0. The number of carbonyl (C=O) groups is 2. The molecule has 1 fully saturated rings. The Bertz CT molecular complexity index is 555. The molecule has 0 saturated heterocycles. The van der Waals surface area contributed by atoms with Crippen LogP contribution in [0.1, 0.15) is 58.8 Å². The molecule has 1 rings (SSSR count). The Morgan fingerprint density at radius 3 is 2.18 bits per heavy atom. The van der Waals surface area contributed by atoms with E-state index in [0.717, 1.165) is 31.6 Å². The molecule has 1 aliphatic rings. The van der Waals surface area contributed by atoms with Gasteiger partial charge >= 0.3 is 11.9 Å². The zero-order valence-electron chi connectivity index (χ0n) is 17.5. The molecule has 0 bridgehead atoms. The fourth-order valence-electron chi connectivity index (χ4n) is 3.59. The van der Waals surface area contributed by atoms with Crippen molar-refractivity contribution in [1.29, 1.82) is 0 Å². The maximum absolute atomic E-state index is 11.8. The number of ether oxygens (including phenoxy) is 2. The lowest BCUT2D eigenvalue weighted by atomic mass is 9.77. The summed E-state index contributed by atoms with van der Waals surface area (Å²) in [6, 6.07) is 0. The largest absolute Gasteiger partial charge is 0.462 e. The summed E-state index contributed by atoms with van der Waals surface area (Å²) in [5.41, 5.74) is 0.380. The van der Waals surface area contributed by atoms with E-state index in [1.165, 1.54) is 19.3 Å². The van der Waals surface area contributed by atoms with Gasteiger partial charge in [0, 0.05) is 11.5 Å². The van der Waals surface area contributed by atoms with Crippen molar-refractivity contribution in [2.24, 2.45) is 17.8 Å².